The second kappa shape index (κ2) is 11.0. The van der Waals surface area contributed by atoms with Crippen LogP contribution in [-0.2, 0) is 19.1 Å². The summed E-state index contributed by atoms with van der Waals surface area (Å²) in [6.45, 7) is 10.4. The average molecular weight is 609 g/mol. The van der Waals surface area contributed by atoms with Crippen molar-refractivity contribution in [1.29, 1.82) is 0 Å². The second-order valence-electron chi connectivity index (χ2n) is 13.9. The number of likely N-dealkylation sites (N-methyl/N-ethyl adjacent to an activating group) is 1. The van der Waals surface area contributed by atoms with Gasteiger partial charge in [-0.2, -0.15) is 11.8 Å². The van der Waals surface area contributed by atoms with Gasteiger partial charge in [0, 0.05) is 29.5 Å². The van der Waals surface area contributed by atoms with E-state index in [1.54, 1.807) is 47.6 Å². The molecule has 9 nitrogen and oxygen atoms in total. The van der Waals surface area contributed by atoms with Gasteiger partial charge in [0.1, 0.15) is 17.2 Å². The van der Waals surface area contributed by atoms with E-state index in [1.807, 2.05) is 0 Å². The summed E-state index contributed by atoms with van der Waals surface area (Å²) in [6, 6.07) is -0.967. The molecule has 0 aliphatic heterocycles. The van der Waals surface area contributed by atoms with Crippen molar-refractivity contribution in [3.63, 3.8) is 0 Å². The predicted octanol–water partition coefficient (Wildman–Crippen LogP) is 3.28. The Morgan fingerprint density at radius 1 is 1.24 bits per heavy atom. The number of hydrogen-bond acceptors (Lipinski definition) is 8. The van der Waals surface area contributed by atoms with E-state index >= 15 is 4.39 Å². The largest absolute Gasteiger partial charge is 0.444 e. The number of hydrogen-bond donors (Lipinski definition) is 4. The van der Waals surface area contributed by atoms with Crippen LogP contribution in [0.25, 0.3) is 0 Å². The number of carbonyl (C=O) groups is 4. The van der Waals surface area contributed by atoms with Gasteiger partial charge >= 0.3 is 6.09 Å². The summed E-state index contributed by atoms with van der Waals surface area (Å²) >= 11 is 1.11. The van der Waals surface area contributed by atoms with Gasteiger partial charge in [-0.25, -0.2) is 9.18 Å². The smallest absolute Gasteiger partial charge is 0.408 e. The van der Waals surface area contributed by atoms with Gasteiger partial charge in [-0.05, 0) is 77.4 Å². The van der Waals surface area contributed by atoms with Crippen molar-refractivity contribution >= 4 is 35.3 Å². The number of nitrogens with one attached hydrogen (secondary N) is 2. The van der Waals surface area contributed by atoms with Crippen molar-refractivity contribution in [3.8, 4) is 0 Å². The molecule has 11 heteroatoms. The Labute approximate surface area is 251 Å². The Bertz CT molecular complexity index is 1220. The zero-order valence-corrected chi connectivity index (χ0v) is 26.4. The summed E-state index contributed by atoms with van der Waals surface area (Å²) in [6.07, 6.45) is 3.45. The van der Waals surface area contributed by atoms with Crippen molar-refractivity contribution in [2.75, 3.05) is 18.6 Å². The lowest BCUT2D eigenvalue weighted by molar-refractivity contribution is -0.218. The van der Waals surface area contributed by atoms with Gasteiger partial charge in [-0.3, -0.25) is 14.4 Å². The molecule has 0 aromatic rings. The van der Waals surface area contributed by atoms with E-state index in [9.17, 15) is 29.4 Å². The molecule has 0 radical (unpaired) electrons. The summed E-state index contributed by atoms with van der Waals surface area (Å²) in [4.78, 5) is 50.6. The van der Waals surface area contributed by atoms with Gasteiger partial charge in [0.25, 0.3) is 0 Å². The standard InChI is InChI=1S/C31H45FN2O7S/c1-17-12-21-20-9-8-18-13-19(35)10-11-28(18,5)30(20,32)23(36)14-29(21,6)31(17,40)24(37)16-42-15-22(25(38)33-7)34-26(39)41-27(2,3)4/h10-11,13,17,20-23,36,40H,8-9,12,14-16H2,1-7H3,(H,33,38)(H,34,39)/t17-,20+,21+,22?,23+,28+,29+,30+,31+/m1/s1. The number of carbonyl (C=O) groups excluding carboxylic acids is 4. The van der Waals surface area contributed by atoms with E-state index < -0.39 is 69.5 Å². The third-order valence-electron chi connectivity index (χ3n) is 10.4. The highest BCUT2D eigenvalue weighted by atomic mass is 32.2. The van der Waals surface area contributed by atoms with Gasteiger partial charge in [0.2, 0.25) is 5.91 Å². The SMILES string of the molecule is CNC(=O)C(CSCC(=O)[C@@]1(O)[C@H](C)C[C@H]2[C@@H]3CCC4=CC(=O)C=C[C@]4(C)[C@@]3(F)[C@@H](O)C[C@@]21C)NC(=O)OC(C)(C)C. The molecular weight excluding hydrogens is 563 g/mol. The van der Waals surface area contributed by atoms with E-state index in [2.05, 4.69) is 10.6 Å². The molecule has 4 aliphatic carbocycles. The minimum absolute atomic E-state index is 0.0621. The van der Waals surface area contributed by atoms with Crippen LogP contribution in [0.2, 0.25) is 0 Å². The van der Waals surface area contributed by atoms with E-state index in [0.29, 0.717) is 24.8 Å². The Morgan fingerprint density at radius 2 is 1.90 bits per heavy atom. The number of fused-ring (bicyclic) bond motifs is 5. The number of halogens is 1. The van der Waals surface area contributed by atoms with Gasteiger partial charge in [0.05, 0.1) is 11.9 Å². The molecule has 0 bridgehead atoms. The van der Waals surface area contributed by atoms with Gasteiger partial charge < -0.3 is 25.6 Å². The molecular formula is C31H45FN2O7S. The van der Waals surface area contributed by atoms with Gasteiger partial charge in [-0.15, -0.1) is 0 Å². The molecule has 0 heterocycles. The number of ether oxygens (including phenoxy) is 1. The lowest BCUT2D eigenvalue weighted by Crippen LogP contribution is -2.69. The molecule has 234 valence electrons. The van der Waals surface area contributed by atoms with E-state index in [4.69, 9.17) is 4.74 Å². The van der Waals surface area contributed by atoms with Crippen LogP contribution in [0.5, 0.6) is 0 Å². The molecule has 0 saturated heterocycles. The van der Waals surface area contributed by atoms with Crippen LogP contribution in [0, 0.1) is 28.6 Å². The van der Waals surface area contributed by atoms with Crippen LogP contribution in [-0.4, -0.2) is 81.4 Å². The average Bonchev–Trinajstić information content (AvgIpc) is 3.09. The number of amides is 2. The fraction of sp³-hybridized carbons (Fsp3) is 0.742. The predicted molar refractivity (Wildman–Crippen MR) is 157 cm³/mol. The van der Waals surface area contributed by atoms with Crippen LogP contribution in [0.3, 0.4) is 0 Å². The Morgan fingerprint density at radius 3 is 2.52 bits per heavy atom. The van der Waals surface area contributed by atoms with Gasteiger partial charge in [-0.1, -0.05) is 25.5 Å². The topological polar surface area (TPSA) is 142 Å². The minimum Gasteiger partial charge on any atom is -0.444 e. The van der Waals surface area contributed by atoms with Crippen LogP contribution in [0.1, 0.15) is 67.2 Å². The maximum atomic E-state index is 17.3. The molecule has 1 unspecified atom stereocenters. The highest BCUT2D eigenvalue weighted by Gasteiger charge is 2.75. The first-order valence-electron chi connectivity index (χ1n) is 14.7. The molecule has 9 atom stereocenters. The summed E-state index contributed by atoms with van der Waals surface area (Å²) in [7, 11) is 1.44. The summed E-state index contributed by atoms with van der Waals surface area (Å²) in [5.74, 6) is -2.62. The maximum Gasteiger partial charge on any atom is 0.408 e. The van der Waals surface area contributed by atoms with Crippen LogP contribution in [0.4, 0.5) is 9.18 Å². The molecule has 0 spiro atoms. The van der Waals surface area contributed by atoms with Crippen LogP contribution < -0.4 is 10.6 Å². The molecule has 4 aliphatic rings. The molecule has 42 heavy (non-hydrogen) atoms. The summed E-state index contributed by atoms with van der Waals surface area (Å²) in [5.41, 5.74) is -6.17. The molecule has 2 amide bonds. The number of alkyl halides is 1. The van der Waals surface area contributed by atoms with E-state index in [-0.39, 0.29) is 29.6 Å². The molecule has 4 N–H and O–H groups in total. The number of alkyl carbamates (subject to hydrolysis) is 1. The molecule has 3 saturated carbocycles. The Kier molecular flexibility index (Phi) is 8.59. The highest BCUT2D eigenvalue weighted by molar-refractivity contribution is 8.00. The van der Waals surface area contributed by atoms with E-state index in [1.165, 1.54) is 19.2 Å². The first-order chi connectivity index (χ1) is 19.3. The number of thioether (sulfide) groups is 1. The van der Waals surface area contributed by atoms with Crippen molar-refractivity contribution in [2.45, 2.75) is 96.2 Å². The minimum atomic E-state index is -2.05. The highest BCUT2D eigenvalue weighted by Crippen LogP contribution is 2.70. The van der Waals surface area contributed by atoms with Crippen molar-refractivity contribution < 1.29 is 38.5 Å². The fourth-order valence-corrected chi connectivity index (χ4v) is 9.32. The zero-order valence-electron chi connectivity index (χ0n) is 25.6. The van der Waals surface area contributed by atoms with Crippen LogP contribution in [0.15, 0.2) is 23.8 Å². The first-order valence-corrected chi connectivity index (χ1v) is 15.9. The molecule has 0 aromatic carbocycles. The number of ketones is 2. The molecule has 0 aromatic heterocycles. The Hall–Kier alpha value is -2.24. The normalized spacial score (nSPS) is 39.8. The number of rotatable bonds is 7. The number of aliphatic hydroxyl groups is 2. The summed E-state index contributed by atoms with van der Waals surface area (Å²) < 4.78 is 22.6. The second-order valence-corrected chi connectivity index (χ2v) is 14.9. The number of allylic oxidation sites excluding steroid dienone is 4. The zero-order chi connectivity index (χ0) is 31.5. The van der Waals surface area contributed by atoms with Gasteiger partial charge in [0.15, 0.2) is 17.2 Å². The van der Waals surface area contributed by atoms with Crippen molar-refractivity contribution in [3.05, 3.63) is 23.8 Å². The van der Waals surface area contributed by atoms with E-state index in [0.717, 1.165) is 11.8 Å². The fourth-order valence-electron chi connectivity index (χ4n) is 8.33. The quantitative estimate of drug-likeness (QED) is 0.345. The maximum absolute atomic E-state index is 17.3. The van der Waals surface area contributed by atoms with Crippen LogP contribution >= 0.6 is 11.8 Å². The monoisotopic (exact) mass is 608 g/mol. The van der Waals surface area contributed by atoms with Crippen molar-refractivity contribution in [1.82, 2.24) is 10.6 Å². The molecule has 4 rings (SSSR count). The lowest BCUT2D eigenvalue weighted by atomic mass is 9.44. The number of aliphatic hydroxyl groups excluding tert-OH is 1. The molecule has 3 fully saturated rings. The third-order valence-corrected chi connectivity index (χ3v) is 11.5. The summed E-state index contributed by atoms with van der Waals surface area (Å²) in [5, 5.41) is 28.7. The lowest BCUT2D eigenvalue weighted by Gasteiger charge is -2.62. The third kappa shape index (κ3) is 5.03. The number of Topliss-reactive ketones (excluding diaryl/α,β-unsaturated/α-hetero) is 1. The first kappa shape index (κ1) is 32.7. The van der Waals surface area contributed by atoms with Crippen molar-refractivity contribution in [2.24, 2.45) is 28.6 Å². The Balaban J connectivity index is 1.52.